The molecular formula is C13H29N. The summed E-state index contributed by atoms with van der Waals surface area (Å²) in [6.07, 6.45) is 8.44. The highest BCUT2D eigenvalue weighted by Crippen LogP contribution is 2.10. The van der Waals surface area contributed by atoms with E-state index < -0.39 is 0 Å². The standard InChI is InChI=1S/C13H29N/c1-5-6-7-8-9-10-13(4)11-14-12(2)3/h12-14H,5-11H2,1-4H3. The molecule has 86 valence electrons. The van der Waals surface area contributed by atoms with Crippen LogP contribution in [0.1, 0.15) is 66.2 Å². The lowest BCUT2D eigenvalue weighted by atomic mass is 10.0. The largest absolute Gasteiger partial charge is 0.314 e. The first-order chi connectivity index (χ1) is 6.66. The first-order valence-corrected chi connectivity index (χ1v) is 6.40. The van der Waals surface area contributed by atoms with E-state index >= 15 is 0 Å². The summed E-state index contributed by atoms with van der Waals surface area (Å²) in [6, 6.07) is 0.637. The average Bonchev–Trinajstić information content (AvgIpc) is 2.14. The quantitative estimate of drug-likeness (QED) is 0.554. The molecule has 0 aliphatic carbocycles. The van der Waals surface area contributed by atoms with Crippen LogP contribution in [0.5, 0.6) is 0 Å². The second kappa shape index (κ2) is 9.51. The predicted molar refractivity (Wildman–Crippen MR) is 65.7 cm³/mol. The Hall–Kier alpha value is -0.0400. The second-order valence-corrected chi connectivity index (χ2v) is 4.87. The maximum absolute atomic E-state index is 3.50. The maximum Gasteiger partial charge on any atom is 0.00104 e. The molecule has 1 nitrogen and oxygen atoms in total. The van der Waals surface area contributed by atoms with Gasteiger partial charge in [0.15, 0.2) is 0 Å². The van der Waals surface area contributed by atoms with E-state index in [0.717, 1.165) is 5.92 Å². The van der Waals surface area contributed by atoms with E-state index in [2.05, 4.69) is 33.0 Å². The van der Waals surface area contributed by atoms with Crippen molar-refractivity contribution >= 4 is 0 Å². The Labute approximate surface area is 90.7 Å². The lowest BCUT2D eigenvalue weighted by Crippen LogP contribution is -2.27. The van der Waals surface area contributed by atoms with E-state index in [4.69, 9.17) is 0 Å². The van der Waals surface area contributed by atoms with Crippen LogP contribution in [0.3, 0.4) is 0 Å². The average molecular weight is 199 g/mol. The van der Waals surface area contributed by atoms with Gasteiger partial charge >= 0.3 is 0 Å². The molecule has 0 amide bonds. The lowest BCUT2D eigenvalue weighted by molar-refractivity contribution is 0.432. The van der Waals surface area contributed by atoms with Crippen molar-refractivity contribution in [2.24, 2.45) is 5.92 Å². The second-order valence-electron chi connectivity index (χ2n) is 4.87. The summed E-state index contributed by atoms with van der Waals surface area (Å²) < 4.78 is 0. The van der Waals surface area contributed by atoms with Crippen LogP contribution in [-0.2, 0) is 0 Å². The van der Waals surface area contributed by atoms with Gasteiger partial charge in [0.05, 0.1) is 0 Å². The molecule has 1 unspecified atom stereocenters. The van der Waals surface area contributed by atoms with Crippen molar-refractivity contribution in [2.45, 2.75) is 72.3 Å². The van der Waals surface area contributed by atoms with Crippen molar-refractivity contribution in [1.82, 2.24) is 5.32 Å². The Bertz CT molecular complexity index is 110. The molecule has 0 spiro atoms. The molecule has 0 radical (unpaired) electrons. The van der Waals surface area contributed by atoms with Crippen molar-refractivity contribution in [3.63, 3.8) is 0 Å². The Morgan fingerprint density at radius 2 is 1.57 bits per heavy atom. The summed E-state index contributed by atoms with van der Waals surface area (Å²) >= 11 is 0. The smallest absolute Gasteiger partial charge is 0.00104 e. The maximum atomic E-state index is 3.50. The minimum absolute atomic E-state index is 0.637. The van der Waals surface area contributed by atoms with Crippen LogP contribution in [0.4, 0.5) is 0 Å². The molecule has 14 heavy (non-hydrogen) atoms. The summed E-state index contributed by atoms with van der Waals surface area (Å²) in [5.74, 6) is 0.846. The van der Waals surface area contributed by atoms with Crippen LogP contribution < -0.4 is 5.32 Å². The first kappa shape index (κ1) is 14.0. The van der Waals surface area contributed by atoms with Crippen molar-refractivity contribution in [2.75, 3.05) is 6.54 Å². The third-order valence-electron chi connectivity index (χ3n) is 2.68. The van der Waals surface area contributed by atoms with E-state index in [1.54, 1.807) is 0 Å². The van der Waals surface area contributed by atoms with Crippen molar-refractivity contribution in [3.05, 3.63) is 0 Å². The van der Waals surface area contributed by atoms with Crippen molar-refractivity contribution in [1.29, 1.82) is 0 Å². The molecule has 1 heteroatoms. The van der Waals surface area contributed by atoms with Gasteiger partial charge in [-0.1, -0.05) is 59.8 Å². The number of unbranched alkanes of at least 4 members (excludes halogenated alkanes) is 4. The molecule has 1 N–H and O–H groups in total. The van der Waals surface area contributed by atoms with E-state index in [1.165, 1.54) is 45.1 Å². The highest BCUT2D eigenvalue weighted by Gasteiger charge is 2.02. The highest BCUT2D eigenvalue weighted by molar-refractivity contribution is 4.60. The zero-order chi connectivity index (χ0) is 10.8. The van der Waals surface area contributed by atoms with Crippen LogP contribution in [0.15, 0.2) is 0 Å². The van der Waals surface area contributed by atoms with Gasteiger partial charge in [-0.3, -0.25) is 0 Å². The van der Waals surface area contributed by atoms with E-state index in [9.17, 15) is 0 Å². The molecule has 0 aliphatic heterocycles. The Balaban J connectivity index is 3.14. The molecule has 0 fully saturated rings. The van der Waals surface area contributed by atoms with E-state index in [0.29, 0.717) is 6.04 Å². The molecular weight excluding hydrogens is 170 g/mol. The zero-order valence-corrected chi connectivity index (χ0v) is 10.6. The zero-order valence-electron chi connectivity index (χ0n) is 10.6. The van der Waals surface area contributed by atoms with Crippen LogP contribution in [0, 0.1) is 5.92 Å². The number of hydrogen-bond donors (Lipinski definition) is 1. The summed E-state index contributed by atoms with van der Waals surface area (Å²) in [7, 11) is 0. The third-order valence-corrected chi connectivity index (χ3v) is 2.68. The molecule has 0 rings (SSSR count). The molecule has 0 saturated heterocycles. The normalized spacial score (nSPS) is 13.5. The van der Waals surface area contributed by atoms with Crippen molar-refractivity contribution in [3.8, 4) is 0 Å². The van der Waals surface area contributed by atoms with Gasteiger partial charge in [0.1, 0.15) is 0 Å². The Kier molecular flexibility index (Phi) is 9.49. The van der Waals surface area contributed by atoms with Crippen LogP contribution >= 0.6 is 0 Å². The van der Waals surface area contributed by atoms with Gasteiger partial charge in [-0.05, 0) is 18.9 Å². The van der Waals surface area contributed by atoms with Crippen LogP contribution in [0.25, 0.3) is 0 Å². The fourth-order valence-electron chi connectivity index (χ4n) is 1.64. The Morgan fingerprint density at radius 1 is 0.929 bits per heavy atom. The summed E-state index contributed by atoms with van der Waals surface area (Å²) in [4.78, 5) is 0. The molecule has 0 aromatic rings. The van der Waals surface area contributed by atoms with Gasteiger partial charge in [0.25, 0.3) is 0 Å². The fraction of sp³-hybridized carbons (Fsp3) is 1.00. The number of hydrogen-bond acceptors (Lipinski definition) is 1. The van der Waals surface area contributed by atoms with Gasteiger partial charge in [-0.25, -0.2) is 0 Å². The van der Waals surface area contributed by atoms with Gasteiger partial charge < -0.3 is 5.32 Å². The lowest BCUT2D eigenvalue weighted by Gasteiger charge is -2.14. The molecule has 0 heterocycles. The van der Waals surface area contributed by atoms with Gasteiger partial charge in [0, 0.05) is 6.04 Å². The van der Waals surface area contributed by atoms with E-state index in [1.807, 2.05) is 0 Å². The van der Waals surface area contributed by atoms with Crippen LogP contribution in [-0.4, -0.2) is 12.6 Å². The van der Waals surface area contributed by atoms with Gasteiger partial charge in [-0.15, -0.1) is 0 Å². The molecule has 0 bridgehead atoms. The monoisotopic (exact) mass is 199 g/mol. The summed E-state index contributed by atoms with van der Waals surface area (Å²) in [5, 5.41) is 3.50. The minimum Gasteiger partial charge on any atom is -0.314 e. The first-order valence-electron chi connectivity index (χ1n) is 6.40. The number of rotatable bonds is 9. The van der Waals surface area contributed by atoms with Crippen LogP contribution in [0.2, 0.25) is 0 Å². The predicted octanol–water partition coefficient (Wildman–Crippen LogP) is 3.98. The van der Waals surface area contributed by atoms with Crippen molar-refractivity contribution < 1.29 is 0 Å². The molecule has 0 aromatic carbocycles. The molecule has 0 aliphatic rings. The number of nitrogens with one attached hydrogen (secondary N) is 1. The third kappa shape index (κ3) is 10.0. The molecule has 1 atom stereocenters. The minimum atomic E-state index is 0.637. The SMILES string of the molecule is CCCCCCCC(C)CNC(C)C. The highest BCUT2D eigenvalue weighted by atomic mass is 14.9. The Morgan fingerprint density at radius 3 is 2.14 bits per heavy atom. The van der Waals surface area contributed by atoms with Gasteiger partial charge in [0.2, 0.25) is 0 Å². The van der Waals surface area contributed by atoms with E-state index in [-0.39, 0.29) is 0 Å². The molecule has 0 saturated carbocycles. The topological polar surface area (TPSA) is 12.0 Å². The fourth-order valence-corrected chi connectivity index (χ4v) is 1.64. The molecule has 0 aromatic heterocycles. The van der Waals surface area contributed by atoms with Gasteiger partial charge in [-0.2, -0.15) is 0 Å². The summed E-state index contributed by atoms with van der Waals surface area (Å²) in [6.45, 7) is 10.2. The summed E-state index contributed by atoms with van der Waals surface area (Å²) in [5.41, 5.74) is 0.